The number of phenols is 1. The summed E-state index contributed by atoms with van der Waals surface area (Å²) < 4.78 is 0. The number of rotatable bonds is 4. The van der Waals surface area contributed by atoms with Gasteiger partial charge in [-0.1, -0.05) is 23.7 Å². The third-order valence-electron chi connectivity index (χ3n) is 8.34. The van der Waals surface area contributed by atoms with Gasteiger partial charge in [0, 0.05) is 41.9 Å². The number of hydrogen-bond acceptors (Lipinski definition) is 9. The summed E-state index contributed by atoms with van der Waals surface area (Å²) in [5.41, 5.74) is 3.82. The molecule has 0 saturated carbocycles. The molecule has 10 nitrogen and oxygen atoms in total. The minimum Gasteiger partial charge on any atom is -0.510 e. The Kier molecular flexibility index (Phi) is 6.48. The largest absolute Gasteiger partial charge is 0.510 e. The molecule has 210 valence electrons. The van der Waals surface area contributed by atoms with E-state index in [1.807, 2.05) is 4.90 Å². The third-order valence-corrected chi connectivity index (χ3v) is 8.59. The number of phenolic OH excluding ortho intramolecular Hbond substituents is 1. The van der Waals surface area contributed by atoms with Gasteiger partial charge in [-0.2, -0.15) is 0 Å². The van der Waals surface area contributed by atoms with Crippen LogP contribution in [-0.2, 0) is 16.0 Å². The normalized spacial score (nSPS) is 26.0. The maximum absolute atomic E-state index is 14.1. The Balaban J connectivity index is 1.75. The maximum Gasteiger partial charge on any atom is 0.255 e. The topological polar surface area (TPSA) is 165 Å². The Hall–Kier alpha value is -3.86. The number of anilines is 1. The van der Waals surface area contributed by atoms with Crippen LogP contribution in [0.1, 0.15) is 22.3 Å². The zero-order valence-corrected chi connectivity index (χ0v) is 23.2. The summed E-state index contributed by atoms with van der Waals surface area (Å²) in [7, 11) is 6.80. The molecule has 0 aliphatic heterocycles. The number of aromatic hydroxyl groups is 1. The Labute approximate surface area is 235 Å². The summed E-state index contributed by atoms with van der Waals surface area (Å²) in [6.07, 6.45) is 0.231. The minimum atomic E-state index is -2.68. The highest BCUT2D eigenvalue weighted by Crippen LogP contribution is 2.54. The van der Waals surface area contributed by atoms with Crippen molar-refractivity contribution in [3.63, 3.8) is 0 Å². The van der Waals surface area contributed by atoms with Crippen molar-refractivity contribution < 1.29 is 34.8 Å². The van der Waals surface area contributed by atoms with Crippen LogP contribution in [-0.4, -0.2) is 82.6 Å². The Morgan fingerprint density at radius 1 is 1.07 bits per heavy atom. The second-order valence-electron chi connectivity index (χ2n) is 11.0. The van der Waals surface area contributed by atoms with Gasteiger partial charge in [-0.25, -0.2) is 0 Å². The summed E-state index contributed by atoms with van der Waals surface area (Å²) in [4.78, 5) is 43.1. The van der Waals surface area contributed by atoms with Crippen LogP contribution in [0.4, 0.5) is 5.69 Å². The molecule has 5 rings (SSSR count). The zero-order chi connectivity index (χ0) is 29.4. The van der Waals surface area contributed by atoms with E-state index in [2.05, 4.69) is 0 Å². The number of likely N-dealkylation sites (N-methyl/N-ethyl adjacent to an activating group) is 1. The number of ketones is 2. The lowest BCUT2D eigenvalue weighted by Gasteiger charge is -2.50. The van der Waals surface area contributed by atoms with Gasteiger partial charge in [-0.05, 0) is 62.2 Å². The summed E-state index contributed by atoms with van der Waals surface area (Å²) in [5, 5.41) is 46.1. The number of primary amides is 1. The van der Waals surface area contributed by atoms with Crippen molar-refractivity contribution in [3.05, 3.63) is 69.1 Å². The second kappa shape index (κ2) is 9.36. The number of nitrogens with zero attached hydrogens (tertiary/aromatic N) is 2. The summed E-state index contributed by atoms with van der Waals surface area (Å²) in [6, 6.07) is 7.46. The number of fused-ring (bicyclic) bond motifs is 3. The molecule has 0 heterocycles. The van der Waals surface area contributed by atoms with Gasteiger partial charge < -0.3 is 31.1 Å². The number of nitrogens with two attached hydrogens (primary N) is 1. The molecular formula is C29H30ClN3O7. The van der Waals surface area contributed by atoms with Crippen LogP contribution < -0.4 is 10.6 Å². The van der Waals surface area contributed by atoms with Crippen LogP contribution in [0.25, 0.3) is 11.1 Å². The molecule has 0 bridgehead atoms. The maximum atomic E-state index is 14.1. The highest BCUT2D eigenvalue weighted by atomic mass is 35.5. The monoisotopic (exact) mass is 567 g/mol. The predicted molar refractivity (Wildman–Crippen MR) is 148 cm³/mol. The van der Waals surface area contributed by atoms with E-state index in [0.717, 1.165) is 0 Å². The smallest absolute Gasteiger partial charge is 0.255 e. The van der Waals surface area contributed by atoms with Gasteiger partial charge in [0.25, 0.3) is 5.91 Å². The van der Waals surface area contributed by atoms with Crippen molar-refractivity contribution in [2.45, 2.75) is 24.5 Å². The van der Waals surface area contributed by atoms with E-state index in [4.69, 9.17) is 17.3 Å². The number of benzene rings is 2. The molecule has 0 radical (unpaired) electrons. The fourth-order valence-electron chi connectivity index (χ4n) is 6.55. The molecular weight excluding hydrogens is 538 g/mol. The first kappa shape index (κ1) is 27.7. The van der Waals surface area contributed by atoms with Crippen molar-refractivity contribution in [1.29, 1.82) is 0 Å². The summed E-state index contributed by atoms with van der Waals surface area (Å²) in [5.74, 6) is -6.80. The van der Waals surface area contributed by atoms with Gasteiger partial charge in [-0.15, -0.1) is 0 Å². The summed E-state index contributed by atoms with van der Waals surface area (Å²) >= 11 is 6.04. The van der Waals surface area contributed by atoms with Crippen LogP contribution >= 0.6 is 11.6 Å². The second-order valence-corrected chi connectivity index (χ2v) is 11.4. The van der Waals surface area contributed by atoms with Crippen molar-refractivity contribution in [2.24, 2.45) is 17.6 Å². The van der Waals surface area contributed by atoms with E-state index in [1.165, 1.54) is 4.90 Å². The highest BCUT2D eigenvalue weighted by molar-refractivity contribution is 6.30. The first-order valence-electron chi connectivity index (χ1n) is 12.7. The van der Waals surface area contributed by atoms with Crippen LogP contribution in [0.3, 0.4) is 0 Å². The molecule has 0 aromatic heterocycles. The van der Waals surface area contributed by atoms with Crippen molar-refractivity contribution >= 4 is 34.8 Å². The lowest BCUT2D eigenvalue weighted by molar-refractivity contribution is -0.148. The molecule has 0 unspecified atom stereocenters. The minimum absolute atomic E-state index is 0.0261. The molecule has 1 amide bonds. The van der Waals surface area contributed by atoms with Gasteiger partial charge in [-0.3, -0.25) is 19.3 Å². The summed E-state index contributed by atoms with van der Waals surface area (Å²) in [6.45, 7) is 0. The lowest BCUT2D eigenvalue weighted by atomic mass is 9.58. The molecule has 2 aromatic rings. The molecule has 11 heteroatoms. The molecule has 0 spiro atoms. The van der Waals surface area contributed by atoms with Crippen molar-refractivity contribution in [3.8, 4) is 16.9 Å². The number of hydrogen-bond donors (Lipinski definition) is 5. The van der Waals surface area contributed by atoms with Crippen molar-refractivity contribution in [1.82, 2.24) is 4.90 Å². The van der Waals surface area contributed by atoms with Gasteiger partial charge in [0.2, 0.25) is 5.78 Å². The van der Waals surface area contributed by atoms with Crippen LogP contribution in [0.2, 0.25) is 5.02 Å². The molecule has 2 aromatic carbocycles. The Morgan fingerprint density at radius 2 is 1.70 bits per heavy atom. The van der Waals surface area contributed by atoms with E-state index >= 15 is 0 Å². The number of aliphatic hydroxyl groups excluding tert-OH is 2. The SMILES string of the molecule is CN(C)c1cc(-c2ccc(Cl)cc2)c(O)c2c1C[C@H]1C[C@H]3[C@H](N(C)C)C(O)=C(C(N)=O)C(=O)[C@@]3(O)C(O)=C1C2=O. The number of carbonyl (C=O) groups is 3. The Bertz CT molecular complexity index is 1540. The molecule has 0 fully saturated rings. The third kappa shape index (κ3) is 3.74. The van der Waals surface area contributed by atoms with E-state index in [1.54, 1.807) is 58.5 Å². The van der Waals surface area contributed by atoms with E-state index < -0.39 is 58.0 Å². The van der Waals surface area contributed by atoms with E-state index in [0.29, 0.717) is 27.4 Å². The van der Waals surface area contributed by atoms with Gasteiger partial charge in [0.1, 0.15) is 22.8 Å². The predicted octanol–water partition coefficient (Wildman–Crippen LogP) is 2.51. The standard InChI is InChI=1S/C29H30ClN3O7/c1-32(2)18-11-15(12-5-7-14(30)8-6-12)23(34)20-16(18)9-13-10-17-22(33(3)4)25(36)21(28(31)39)27(38)29(17,40)26(37)19(13)24(20)35/h5-8,11,13,17,22,34,36-37,40H,9-10H2,1-4H3,(H2,31,39)/t13-,17-,22-,29-/m0/s1. The zero-order valence-electron chi connectivity index (χ0n) is 22.4. The number of Topliss-reactive ketones (excluding diaryl/α,β-unsaturated/α-hetero) is 2. The van der Waals surface area contributed by atoms with Gasteiger partial charge in [0.05, 0.1) is 11.6 Å². The Morgan fingerprint density at radius 3 is 2.25 bits per heavy atom. The number of aliphatic hydroxyl groups is 3. The van der Waals surface area contributed by atoms with Crippen LogP contribution in [0.15, 0.2) is 53.0 Å². The molecule has 40 heavy (non-hydrogen) atoms. The highest BCUT2D eigenvalue weighted by Gasteiger charge is 2.63. The van der Waals surface area contributed by atoms with E-state index in [9.17, 15) is 34.8 Å². The molecule has 6 N–H and O–H groups in total. The fraction of sp³-hybridized carbons (Fsp3) is 0.345. The molecule has 4 atom stereocenters. The number of allylic oxidation sites excluding steroid dienone is 1. The van der Waals surface area contributed by atoms with Crippen molar-refractivity contribution in [2.75, 3.05) is 33.1 Å². The number of halogens is 1. The fourth-order valence-corrected chi connectivity index (χ4v) is 6.67. The van der Waals surface area contributed by atoms with Crippen LogP contribution in [0.5, 0.6) is 5.75 Å². The van der Waals surface area contributed by atoms with Crippen LogP contribution in [0, 0.1) is 11.8 Å². The quantitative estimate of drug-likeness (QED) is 0.349. The molecule has 3 aliphatic rings. The first-order valence-corrected chi connectivity index (χ1v) is 13.1. The van der Waals surface area contributed by atoms with E-state index in [-0.39, 0.29) is 29.7 Å². The average Bonchev–Trinajstić information content (AvgIpc) is 2.86. The first-order chi connectivity index (χ1) is 18.7. The number of carbonyl (C=O) groups excluding carboxylic acids is 3. The average molecular weight is 568 g/mol. The molecule has 0 saturated heterocycles. The van der Waals surface area contributed by atoms with Gasteiger partial charge in [0.15, 0.2) is 11.4 Å². The molecule has 3 aliphatic carbocycles. The number of amides is 1. The lowest BCUT2D eigenvalue weighted by Crippen LogP contribution is -2.63. The van der Waals surface area contributed by atoms with Gasteiger partial charge >= 0.3 is 0 Å².